The molecule has 0 aliphatic carbocycles. The molecule has 0 spiro atoms. The van der Waals surface area contributed by atoms with Gasteiger partial charge in [-0.3, -0.25) is 14.2 Å². The maximum atomic E-state index is 12.7. The van der Waals surface area contributed by atoms with Crippen molar-refractivity contribution in [2.75, 3.05) is 18.4 Å². The molecule has 1 aromatic carbocycles. The Bertz CT molecular complexity index is 1060. The number of H-pyrrole nitrogens is 1. The molecule has 140 valence electrons. The van der Waals surface area contributed by atoms with Crippen molar-refractivity contribution in [3.8, 4) is 0 Å². The van der Waals surface area contributed by atoms with Gasteiger partial charge in [-0.25, -0.2) is 9.78 Å². The summed E-state index contributed by atoms with van der Waals surface area (Å²) < 4.78 is 1.80. The number of nitrogens with one attached hydrogen (secondary N) is 2. The minimum Gasteiger partial charge on any atom is -0.337 e. The fraction of sp³-hybridized carbons (Fsp3) is 0.333. The number of hydrogen-bond donors (Lipinski definition) is 2. The van der Waals surface area contributed by atoms with Crippen LogP contribution >= 0.6 is 11.3 Å². The van der Waals surface area contributed by atoms with Gasteiger partial charge in [0.25, 0.3) is 5.91 Å². The molecule has 1 aliphatic heterocycles. The van der Waals surface area contributed by atoms with Gasteiger partial charge in [0.2, 0.25) is 5.91 Å². The van der Waals surface area contributed by atoms with Crippen LogP contribution in [-0.2, 0) is 4.79 Å². The van der Waals surface area contributed by atoms with Crippen LogP contribution in [0.15, 0.2) is 34.4 Å². The smallest absolute Gasteiger partial charge is 0.326 e. The largest absolute Gasteiger partial charge is 0.337 e. The second-order valence-electron chi connectivity index (χ2n) is 6.56. The Morgan fingerprint density at radius 2 is 2.00 bits per heavy atom. The number of likely N-dealkylation sites (tertiary alicyclic amines) is 1. The predicted molar refractivity (Wildman–Crippen MR) is 103 cm³/mol. The number of aromatic nitrogens is 3. The monoisotopic (exact) mass is 385 g/mol. The lowest BCUT2D eigenvalue weighted by atomic mass is 10.0. The van der Waals surface area contributed by atoms with Crippen molar-refractivity contribution in [2.24, 2.45) is 0 Å². The summed E-state index contributed by atoms with van der Waals surface area (Å²) in [6, 6.07) is 7.69. The van der Waals surface area contributed by atoms with Crippen LogP contribution in [0.1, 0.15) is 36.3 Å². The molecule has 3 aromatic rings. The van der Waals surface area contributed by atoms with Crippen LogP contribution in [0.25, 0.3) is 11.0 Å². The number of benzene rings is 1. The lowest BCUT2D eigenvalue weighted by Gasteiger charge is -2.32. The highest BCUT2D eigenvalue weighted by atomic mass is 32.1. The predicted octanol–water partition coefficient (Wildman–Crippen LogP) is 2.22. The van der Waals surface area contributed by atoms with Crippen molar-refractivity contribution in [3.05, 3.63) is 45.8 Å². The Morgan fingerprint density at radius 3 is 2.74 bits per heavy atom. The molecular weight excluding hydrogens is 366 g/mol. The van der Waals surface area contributed by atoms with Gasteiger partial charge in [-0.1, -0.05) is 12.1 Å². The summed E-state index contributed by atoms with van der Waals surface area (Å²) in [7, 11) is 0. The van der Waals surface area contributed by atoms with Crippen molar-refractivity contribution in [1.29, 1.82) is 0 Å². The zero-order valence-electron chi connectivity index (χ0n) is 14.8. The number of amides is 2. The maximum Gasteiger partial charge on any atom is 0.326 e. The van der Waals surface area contributed by atoms with E-state index in [1.165, 1.54) is 18.3 Å². The Hall–Kier alpha value is -2.94. The van der Waals surface area contributed by atoms with Gasteiger partial charge in [0.05, 0.1) is 11.0 Å². The minimum absolute atomic E-state index is 0.0584. The Balaban J connectivity index is 1.46. The highest BCUT2D eigenvalue weighted by Gasteiger charge is 2.27. The van der Waals surface area contributed by atoms with Crippen molar-refractivity contribution in [1.82, 2.24) is 19.4 Å². The van der Waals surface area contributed by atoms with Gasteiger partial charge < -0.3 is 15.2 Å². The van der Waals surface area contributed by atoms with Crippen LogP contribution in [0.5, 0.6) is 0 Å². The average molecular weight is 385 g/mol. The molecule has 0 unspecified atom stereocenters. The number of anilines is 1. The fourth-order valence-electron chi connectivity index (χ4n) is 3.51. The summed E-state index contributed by atoms with van der Waals surface area (Å²) in [5.41, 5.74) is 1.95. The summed E-state index contributed by atoms with van der Waals surface area (Å²) in [5, 5.41) is 4.67. The minimum atomic E-state index is -0.215. The van der Waals surface area contributed by atoms with Gasteiger partial charge in [0, 0.05) is 31.4 Å². The molecule has 1 saturated heterocycles. The van der Waals surface area contributed by atoms with E-state index in [0.29, 0.717) is 36.8 Å². The number of fused-ring (bicyclic) bond motifs is 1. The summed E-state index contributed by atoms with van der Waals surface area (Å²) in [6.07, 6.45) is 1.41. The summed E-state index contributed by atoms with van der Waals surface area (Å²) >= 11 is 1.23. The highest BCUT2D eigenvalue weighted by Crippen LogP contribution is 2.26. The zero-order valence-corrected chi connectivity index (χ0v) is 15.6. The van der Waals surface area contributed by atoms with Gasteiger partial charge in [-0.2, -0.15) is 0 Å². The van der Waals surface area contributed by atoms with Crippen LogP contribution in [0.4, 0.5) is 5.13 Å². The highest BCUT2D eigenvalue weighted by molar-refractivity contribution is 7.14. The van der Waals surface area contributed by atoms with E-state index in [1.807, 2.05) is 24.3 Å². The lowest BCUT2D eigenvalue weighted by molar-refractivity contribution is -0.114. The van der Waals surface area contributed by atoms with E-state index in [1.54, 1.807) is 14.8 Å². The summed E-state index contributed by atoms with van der Waals surface area (Å²) in [6.45, 7) is 2.52. The molecule has 1 fully saturated rings. The first-order chi connectivity index (χ1) is 13.0. The van der Waals surface area contributed by atoms with Crippen LogP contribution in [0, 0.1) is 0 Å². The second kappa shape index (κ2) is 6.99. The Morgan fingerprint density at radius 1 is 1.26 bits per heavy atom. The standard InChI is InChI=1S/C18H19N5O3S/c1-11(24)19-17-20-14(10-27-17)16(25)22-8-6-12(7-9-22)23-15-5-3-2-4-13(15)21-18(23)26/h2-5,10,12H,6-9H2,1H3,(H,21,26)(H,19,20,24). The number of carbonyl (C=O) groups excluding carboxylic acids is 2. The summed E-state index contributed by atoms with van der Waals surface area (Å²) in [5.74, 6) is -0.360. The number of para-hydroxylation sites is 2. The first kappa shape index (κ1) is 17.5. The fourth-order valence-corrected chi connectivity index (χ4v) is 4.24. The summed E-state index contributed by atoms with van der Waals surface area (Å²) in [4.78, 5) is 44.9. The number of thiazole rings is 1. The molecular formula is C18H19N5O3S. The number of hydrogen-bond acceptors (Lipinski definition) is 5. The maximum absolute atomic E-state index is 12.7. The third-order valence-corrected chi connectivity index (χ3v) is 5.50. The number of imidazole rings is 1. The average Bonchev–Trinajstić information content (AvgIpc) is 3.24. The normalized spacial score (nSPS) is 15.2. The molecule has 2 N–H and O–H groups in total. The molecule has 27 heavy (non-hydrogen) atoms. The molecule has 0 saturated carbocycles. The van der Waals surface area contributed by atoms with E-state index < -0.39 is 0 Å². The molecule has 4 rings (SSSR count). The van der Waals surface area contributed by atoms with E-state index in [9.17, 15) is 14.4 Å². The molecule has 3 heterocycles. The molecule has 0 atom stereocenters. The first-order valence-corrected chi connectivity index (χ1v) is 9.62. The number of aromatic amines is 1. The third-order valence-electron chi connectivity index (χ3n) is 4.75. The van der Waals surface area contributed by atoms with E-state index >= 15 is 0 Å². The number of nitrogens with zero attached hydrogens (tertiary/aromatic N) is 3. The van der Waals surface area contributed by atoms with Gasteiger partial charge in [0.1, 0.15) is 5.69 Å². The molecule has 0 radical (unpaired) electrons. The number of carbonyl (C=O) groups is 2. The molecule has 1 aliphatic rings. The quantitative estimate of drug-likeness (QED) is 0.722. The van der Waals surface area contributed by atoms with Crippen LogP contribution in [0.3, 0.4) is 0 Å². The SMILES string of the molecule is CC(=O)Nc1nc(C(=O)N2CCC(n3c(=O)[nH]c4ccccc43)CC2)cs1. The number of rotatable bonds is 3. The Labute approximate surface area is 158 Å². The molecule has 9 heteroatoms. The van der Waals surface area contributed by atoms with Crippen molar-refractivity contribution in [2.45, 2.75) is 25.8 Å². The molecule has 8 nitrogen and oxygen atoms in total. The molecule has 2 amide bonds. The van der Waals surface area contributed by atoms with Crippen molar-refractivity contribution < 1.29 is 9.59 Å². The van der Waals surface area contributed by atoms with Gasteiger partial charge in [-0.05, 0) is 25.0 Å². The van der Waals surface area contributed by atoms with Gasteiger partial charge in [0.15, 0.2) is 5.13 Å². The van der Waals surface area contributed by atoms with E-state index in [4.69, 9.17) is 0 Å². The van der Waals surface area contributed by atoms with Gasteiger partial charge in [-0.15, -0.1) is 11.3 Å². The van der Waals surface area contributed by atoms with Gasteiger partial charge >= 0.3 is 5.69 Å². The van der Waals surface area contributed by atoms with Crippen LogP contribution in [0.2, 0.25) is 0 Å². The van der Waals surface area contributed by atoms with Crippen LogP contribution < -0.4 is 11.0 Å². The first-order valence-electron chi connectivity index (χ1n) is 8.74. The van der Waals surface area contributed by atoms with E-state index in [-0.39, 0.29) is 23.5 Å². The third kappa shape index (κ3) is 3.37. The number of piperidine rings is 1. The second-order valence-corrected chi connectivity index (χ2v) is 7.42. The van der Waals surface area contributed by atoms with Crippen molar-refractivity contribution in [3.63, 3.8) is 0 Å². The lowest BCUT2D eigenvalue weighted by Crippen LogP contribution is -2.40. The van der Waals surface area contributed by atoms with E-state index in [0.717, 1.165) is 11.0 Å². The Kier molecular flexibility index (Phi) is 4.53. The molecule has 0 bridgehead atoms. The zero-order chi connectivity index (χ0) is 19.0. The van der Waals surface area contributed by atoms with Crippen molar-refractivity contribution >= 4 is 39.3 Å². The molecule has 2 aromatic heterocycles. The topological polar surface area (TPSA) is 100 Å². The van der Waals surface area contributed by atoms with E-state index in [2.05, 4.69) is 15.3 Å². The van der Waals surface area contributed by atoms with Crippen LogP contribution in [-0.4, -0.2) is 44.3 Å².